The molecule has 9 heteroatoms. The van der Waals surface area contributed by atoms with Crippen LogP contribution in [0.1, 0.15) is 12.8 Å². The van der Waals surface area contributed by atoms with Crippen LogP contribution in [0.2, 0.25) is 0 Å². The maximum Gasteiger partial charge on any atom is 0.328 e. The number of rotatable bonds is 6. The first-order valence-electron chi connectivity index (χ1n) is 3.70. The second-order valence-corrected chi connectivity index (χ2v) is 4.55. The molecule has 0 rings (SSSR count). The molecule has 0 aromatic carbocycles. The third-order valence-corrected chi connectivity index (χ3v) is 3.35. The Kier molecular flexibility index (Phi) is 4.19. The van der Waals surface area contributed by atoms with E-state index >= 15 is 0 Å². The second kappa shape index (κ2) is 4.55. The van der Waals surface area contributed by atoms with E-state index in [2.05, 4.69) is 0 Å². The summed E-state index contributed by atoms with van der Waals surface area (Å²) < 4.78 is 27.4. The molecule has 0 saturated heterocycles. The van der Waals surface area contributed by atoms with Gasteiger partial charge in [0.15, 0.2) is 0 Å². The Bertz CT molecular complexity index is 357. The highest BCUT2D eigenvalue weighted by atomic mass is 32.2. The lowest BCUT2D eigenvalue weighted by Gasteiger charge is -2.23. The predicted molar refractivity (Wildman–Crippen MR) is 45.9 cm³/mol. The van der Waals surface area contributed by atoms with Gasteiger partial charge in [-0.3, -0.25) is 14.1 Å². The molecule has 0 aliphatic carbocycles. The molecule has 88 valence electrons. The van der Waals surface area contributed by atoms with Crippen molar-refractivity contribution in [2.24, 2.45) is 0 Å². The lowest BCUT2D eigenvalue weighted by atomic mass is 10.0. The van der Waals surface area contributed by atoms with Crippen molar-refractivity contribution in [3.8, 4) is 0 Å². The number of carboxylic acids is 2. The SMILES string of the molecule is O=C(O)CC(CCO)(C(=O)O)S(=O)(=O)O. The van der Waals surface area contributed by atoms with E-state index in [1.807, 2.05) is 0 Å². The largest absolute Gasteiger partial charge is 0.481 e. The predicted octanol–water partition coefficient (Wildman–Crippen LogP) is -1.45. The fourth-order valence-corrected chi connectivity index (χ4v) is 1.90. The smallest absolute Gasteiger partial charge is 0.328 e. The minimum atomic E-state index is -5.12. The zero-order valence-electron chi connectivity index (χ0n) is 7.45. The summed E-state index contributed by atoms with van der Waals surface area (Å²) in [5.74, 6) is -3.72. The molecule has 0 bridgehead atoms. The minimum absolute atomic E-state index is 0.876. The topological polar surface area (TPSA) is 149 Å². The van der Waals surface area contributed by atoms with E-state index in [1.165, 1.54) is 0 Å². The molecule has 0 spiro atoms. The van der Waals surface area contributed by atoms with Gasteiger partial charge >= 0.3 is 11.9 Å². The van der Waals surface area contributed by atoms with Gasteiger partial charge in [0.2, 0.25) is 4.75 Å². The summed E-state index contributed by atoms with van der Waals surface area (Å²) in [6.45, 7) is -0.876. The van der Waals surface area contributed by atoms with Crippen molar-refractivity contribution in [1.29, 1.82) is 0 Å². The Balaban J connectivity index is 5.48. The van der Waals surface area contributed by atoms with Crippen molar-refractivity contribution >= 4 is 22.1 Å². The summed E-state index contributed by atoms with van der Waals surface area (Å²) in [6, 6.07) is 0. The van der Waals surface area contributed by atoms with E-state index in [-0.39, 0.29) is 0 Å². The molecule has 0 aromatic heterocycles. The van der Waals surface area contributed by atoms with Crippen molar-refractivity contribution in [2.45, 2.75) is 17.6 Å². The van der Waals surface area contributed by atoms with Crippen LogP contribution in [0, 0.1) is 0 Å². The van der Waals surface area contributed by atoms with Crippen LogP contribution in [0.5, 0.6) is 0 Å². The summed E-state index contributed by atoms with van der Waals surface area (Å²) in [5.41, 5.74) is 0. The number of aliphatic hydroxyl groups is 1. The molecule has 1 unspecified atom stereocenters. The summed E-state index contributed by atoms with van der Waals surface area (Å²) in [4.78, 5) is 21.0. The Labute approximate surface area is 84.9 Å². The first-order chi connectivity index (χ1) is 6.67. The molecule has 4 N–H and O–H groups in total. The first-order valence-corrected chi connectivity index (χ1v) is 5.14. The molecule has 8 nitrogen and oxygen atoms in total. The molecule has 0 heterocycles. The number of aliphatic hydroxyl groups excluding tert-OH is 1. The highest BCUT2D eigenvalue weighted by molar-refractivity contribution is 7.88. The zero-order chi connectivity index (χ0) is 12.3. The number of hydrogen-bond acceptors (Lipinski definition) is 5. The van der Waals surface area contributed by atoms with Gasteiger partial charge in [-0.1, -0.05) is 0 Å². The van der Waals surface area contributed by atoms with Gasteiger partial charge in [0.25, 0.3) is 10.1 Å². The Morgan fingerprint density at radius 1 is 1.20 bits per heavy atom. The highest BCUT2D eigenvalue weighted by Crippen LogP contribution is 2.25. The van der Waals surface area contributed by atoms with Crippen LogP contribution in [0.4, 0.5) is 0 Å². The molecule has 0 aliphatic rings. The van der Waals surface area contributed by atoms with E-state index in [0.29, 0.717) is 0 Å². The Morgan fingerprint density at radius 3 is 1.87 bits per heavy atom. The molecule has 0 fully saturated rings. The van der Waals surface area contributed by atoms with Crippen molar-refractivity contribution in [3.63, 3.8) is 0 Å². The average Bonchev–Trinajstić information content (AvgIpc) is 1.99. The summed E-state index contributed by atoms with van der Waals surface area (Å²) in [7, 11) is -5.12. The normalized spacial score (nSPS) is 15.6. The fraction of sp³-hybridized carbons (Fsp3) is 0.667. The first kappa shape index (κ1) is 13.8. The van der Waals surface area contributed by atoms with E-state index in [4.69, 9.17) is 19.9 Å². The van der Waals surface area contributed by atoms with Crippen LogP contribution in [0.25, 0.3) is 0 Å². The number of aliphatic carboxylic acids is 2. The van der Waals surface area contributed by atoms with Gasteiger partial charge in [-0.2, -0.15) is 8.42 Å². The number of hydrogen-bond donors (Lipinski definition) is 4. The van der Waals surface area contributed by atoms with Gasteiger partial charge in [-0.15, -0.1) is 0 Å². The van der Waals surface area contributed by atoms with Gasteiger partial charge in [-0.05, 0) is 0 Å². The minimum Gasteiger partial charge on any atom is -0.481 e. The van der Waals surface area contributed by atoms with Crippen molar-refractivity contribution < 1.29 is 37.9 Å². The molecule has 0 saturated carbocycles. The van der Waals surface area contributed by atoms with E-state index < -0.39 is 46.3 Å². The third-order valence-electron chi connectivity index (χ3n) is 1.84. The maximum absolute atomic E-state index is 10.8. The van der Waals surface area contributed by atoms with E-state index in [0.717, 1.165) is 0 Å². The Hall–Kier alpha value is -1.19. The average molecular weight is 242 g/mol. The third kappa shape index (κ3) is 2.88. The monoisotopic (exact) mass is 242 g/mol. The fourth-order valence-electron chi connectivity index (χ4n) is 1.03. The van der Waals surface area contributed by atoms with Gasteiger partial charge in [0, 0.05) is 13.0 Å². The van der Waals surface area contributed by atoms with Crippen LogP contribution in [-0.4, -0.2) is 51.6 Å². The summed E-state index contributed by atoms with van der Waals surface area (Å²) >= 11 is 0. The van der Waals surface area contributed by atoms with Gasteiger partial charge < -0.3 is 15.3 Å². The molecule has 0 amide bonds. The molecule has 0 radical (unpaired) electrons. The van der Waals surface area contributed by atoms with Crippen LogP contribution in [0.15, 0.2) is 0 Å². The molecular weight excluding hydrogens is 232 g/mol. The van der Waals surface area contributed by atoms with Crippen LogP contribution >= 0.6 is 0 Å². The molecular formula is C6H10O8S. The molecule has 0 aromatic rings. The maximum atomic E-state index is 10.8. The molecule has 1 atom stereocenters. The number of carbonyl (C=O) groups is 2. The van der Waals surface area contributed by atoms with Crippen molar-refractivity contribution in [3.05, 3.63) is 0 Å². The van der Waals surface area contributed by atoms with Crippen LogP contribution in [0.3, 0.4) is 0 Å². The quantitative estimate of drug-likeness (QED) is 0.413. The highest BCUT2D eigenvalue weighted by Gasteiger charge is 2.52. The lowest BCUT2D eigenvalue weighted by Crippen LogP contribution is -2.48. The van der Waals surface area contributed by atoms with E-state index in [1.54, 1.807) is 0 Å². The van der Waals surface area contributed by atoms with Gasteiger partial charge in [0.05, 0.1) is 6.42 Å². The van der Waals surface area contributed by atoms with Crippen molar-refractivity contribution in [2.75, 3.05) is 6.61 Å². The van der Waals surface area contributed by atoms with Crippen molar-refractivity contribution in [1.82, 2.24) is 0 Å². The zero-order valence-corrected chi connectivity index (χ0v) is 8.27. The lowest BCUT2D eigenvalue weighted by molar-refractivity contribution is -0.147. The van der Waals surface area contributed by atoms with Gasteiger partial charge in [0.1, 0.15) is 0 Å². The van der Waals surface area contributed by atoms with Crippen LogP contribution in [-0.2, 0) is 19.7 Å². The number of carboxylic acid groups (broad SMARTS) is 2. The molecule has 0 aliphatic heterocycles. The van der Waals surface area contributed by atoms with E-state index in [9.17, 15) is 18.0 Å². The second-order valence-electron chi connectivity index (χ2n) is 2.82. The van der Waals surface area contributed by atoms with Gasteiger partial charge in [-0.25, -0.2) is 0 Å². The Morgan fingerprint density at radius 2 is 1.67 bits per heavy atom. The summed E-state index contributed by atoms with van der Waals surface area (Å²) in [6.07, 6.45) is -2.21. The molecule has 15 heavy (non-hydrogen) atoms. The summed E-state index contributed by atoms with van der Waals surface area (Å²) in [5, 5.41) is 25.5. The van der Waals surface area contributed by atoms with Crippen LogP contribution < -0.4 is 0 Å². The standard InChI is InChI=1S/C6H10O8S/c7-2-1-6(5(10)11,3-4(8)9)15(12,13)14/h7H,1-3H2,(H,8,9)(H,10,11)(H,12,13,14).